The van der Waals surface area contributed by atoms with Gasteiger partial charge < -0.3 is 10.1 Å². The molecule has 0 aliphatic rings. The Balaban J connectivity index is 1.57. The normalized spacial score (nSPS) is 11.0. The van der Waals surface area contributed by atoms with Gasteiger partial charge in [-0.3, -0.25) is 9.89 Å². The van der Waals surface area contributed by atoms with Crippen molar-refractivity contribution < 1.29 is 4.74 Å². The van der Waals surface area contributed by atoms with Crippen molar-refractivity contribution in [2.45, 2.75) is 26.8 Å². The van der Waals surface area contributed by atoms with Crippen molar-refractivity contribution in [2.75, 3.05) is 12.4 Å². The molecule has 0 atom stereocenters. The zero-order valence-corrected chi connectivity index (χ0v) is 16.7. The topological polar surface area (TPSA) is 84.3 Å². The predicted molar refractivity (Wildman–Crippen MR) is 113 cm³/mol. The highest BCUT2D eigenvalue weighted by Gasteiger charge is 2.14. The van der Waals surface area contributed by atoms with Crippen LogP contribution in [0.2, 0.25) is 0 Å². The van der Waals surface area contributed by atoms with Crippen LogP contribution in [0.5, 0.6) is 5.75 Å². The Labute approximate surface area is 168 Å². The van der Waals surface area contributed by atoms with Crippen molar-refractivity contribution in [3.05, 3.63) is 87.1 Å². The van der Waals surface area contributed by atoms with Crippen LogP contribution < -0.4 is 15.6 Å². The maximum Gasteiger partial charge on any atom is 0.277 e. The van der Waals surface area contributed by atoms with Crippen LogP contribution in [0, 0.1) is 13.8 Å². The highest BCUT2D eigenvalue weighted by molar-refractivity contribution is 5.46. The van der Waals surface area contributed by atoms with E-state index < -0.39 is 0 Å². The minimum absolute atomic E-state index is 0.115. The Bertz CT molecular complexity index is 1190. The molecule has 0 fully saturated rings. The van der Waals surface area contributed by atoms with Crippen LogP contribution in [-0.4, -0.2) is 26.7 Å². The fourth-order valence-corrected chi connectivity index (χ4v) is 3.19. The number of nitrogens with one attached hydrogen (secondary N) is 2. The lowest BCUT2D eigenvalue weighted by Crippen LogP contribution is -2.22. The van der Waals surface area contributed by atoms with E-state index in [-0.39, 0.29) is 5.56 Å². The van der Waals surface area contributed by atoms with Gasteiger partial charge in [0.25, 0.3) is 11.3 Å². The number of nitrogens with zero attached hydrogens (tertiary/aromatic N) is 3. The van der Waals surface area contributed by atoms with Crippen LogP contribution in [0.1, 0.15) is 28.2 Å². The first-order valence-corrected chi connectivity index (χ1v) is 9.44. The van der Waals surface area contributed by atoms with Crippen molar-refractivity contribution in [3.63, 3.8) is 0 Å². The van der Waals surface area contributed by atoms with Gasteiger partial charge in [0, 0.05) is 17.7 Å². The molecule has 0 bridgehead atoms. The Morgan fingerprint density at radius 2 is 1.76 bits per heavy atom. The summed E-state index contributed by atoms with van der Waals surface area (Å²) in [6.07, 6.45) is 0.541. The van der Waals surface area contributed by atoms with E-state index in [0.717, 1.165) is 17.0 Å². The molecule has 7 nitrogen and oxygen atoms in total. The van der Waals surface area contributed by atoms with Gasteiger partial charge in [-0.25, -0.2) is 4.98 Å². The molecule has 0 amide bonds. The third kappa shape index (κ3) is 3.99. The molecular formula is C22H23N5O2. The summed E-state index contributed by atoms with van der Waals surface area (Å²) < 4.78 is 6.58. The SMILES string of the molecule is COc1ccc(NCc2nc3nc(C)c(Cc4ccc(C)cc4)c(=O)n3[nH]2)cc1. The van der Waals surface area contributed by atoms with Gasteiger partial charge in [-0.05, 0) is 43.7 Å². The Morgan fingerprint density at radius 1 is 1.03 bits per heavy atom. The second-order valence-electron chi connectivity index (χ2n) is 7.03. The van der Waals surface area contributed by atoms with E-state index in [1.807, 2.05) is 62.4 Å². The van der Waals surface area contributed by atoms with Crippen molar-refractivity contribution in [2.24, 2.45) is 0 Å². The largest absolute Gasteiger partial charge is 0.497 e. The van der Waals surface area contributed by atoms with E-state index in [1.165, 1.54) is 10.1 Å². The summed E-state index contributed by atoms with van der Waals surface area (Å²) in [5, 5.41) is 6.34. The second kappa shape index (κ2) is 7.79. The number of rotatable bonds is 6. The number of aromatic nitrogens is 4. The summed E-state index contributed by atoms with van der Waals surface area (Å²) in [6.45, 7) is 4.35. The van der Waals surface area contributed by atoms with Crippen molar-refractivity contribution in [1.82, 2.24) is 19.6 Å². The first kappa shape index (κ1) is 18.7. The van der Waals surface area contributed by atoms with E-state index in [0.29, 0.717) is 35.8 Å². The quantitative estimate of drug-likeness (QED) is 0.529. The summed E-state index contributed by atoms with van der Waals surface area (Å²) in [5.74, 6) is 1.82. The molecule has 0 saturated carbocycles. The number of H-pyrrole nitrogens is 1. The third-order valence-electron chi connectivity index (χ3n) is 4.89. The van der Waals surface area contributed by atoms with E-state index >= 15 is 0 Å². The molecule has 4 rings (SSSR count). The number of anilines is 1. The smallest absolute Gasteiger partial charge is 0.277 e. The van der Waals surface area contributed by atoms with Gasteiger partial charge in [0.2, 0.25) is 0 Å². The summed E-state index contributed by atoms with van der Waals surface area (Å²) in [7, 11) is 1.64. The van der Waals surface area contributed by atoms with Crippen molar-refractivity contribution in [3.8, 4) is 5.75 Å². The number of methoxy groups -OCH3 is 1. The molecule has 7 heteroatoms. The van der Waals surface area contributed by atoms with Crippen LogP contribution in [0.25, 0.3) is 5.78 Å². The number of hydrogen-bond donors (Lipinski definition) is 2. The summed E-state index contributed by atoms with van der Waals surface area (Å²) in [6, 6.07) is 15.8. The number of fused-ring (bicyclic) bond motifs is 1. The van der Waals surface area contributed by atoms with Gasteiger partial charge in [0.1, 0.15) is 11.6 Å². The molecule has 148 valence electrons. The van der Waals surface area contributed by atoms with Gasteiger partial charge in [-0.1, -0.05) is 29.8 Å². The second-order valence-corrected chi connectivity index (χ2v) is 7.03. The van der Waals surface area contributed by atoms with Gasteiger partial charge in [0.15, 0.2) is 0 Å². The molecule has 2 aromatic heterocycles. The molecule has 2 aromatic carbocycles. The Hall–Kier alpha value is -3.61. The average Bonchev–Trinajstić information content (AvgIpc) is 3.14. The number of hydrogen-bond acceptors (Lipinski definition) is 5. The maximum absolute atomic E-state index is 13.0. The van der Waals surface area contributed by atoms with E-state index in [9.17, 15) is 4.79 Å². The number of ether oxygens (including phenoxy) is 1. The Morgan fingerprint density at radius 3 is 2.45 bits per heavy atom. The third-order valence-corrected chi connectivity index (χ3v) is 4.89. The molecule has 0 aliphatic carbocycles. The van der Waals surface area contributed by atoms with E-state index in [2.05, 4.69) is 20.4 Å². The first-order valence-electron chi connectivity index (χ1n) is 9.44. The van der Waals surface area contributed by atoms with Crippen LogP contribution in [-0.2, 0) is 13.0 Å². The number of aromatic amines is 1. The molecule has 0 unspecified atom stereocenters. The van der Waals surface area contributed by atoms with Gasteiger partial charge in [-0.15, -0.1) is 0 Å². The molecule has 0 radical (unpaired) electrons. The number of aryl methyl sites for hydroxylation is 2. The molecule has 0 saturated heterocycles. The highest BCUT2D eigenvalue weighted by atomic mass is 16.5. The lowest BCUT2D eigenvalue weighted by molar-refractivity contribution is 0.415. The molecule has 2 N–H and O–H groups in total. The van der Waals surface area contributed by atoms with Crippen LogP contribution >= 0.6 is 0 Å². The van der Waals surface area contributed by atoms with Gasteiger partial charge in [-0.2, -0.15) is 9.50 Å². The van der Waals surface area contributed by atoms with Gasteiger partial charge >= 0.3 is 0 Å². The van der Waals surface area contributed by atoms with Crippen LogP contribution in [0.4, 0.5) is 5.69 Å². The van der Waals surface area contributed by atoms with Crippen molar-refractivity contribution in [1.29, 1.82) is 0 Å². The average molecular weight is 389 g/mol. The van der Waals surface area contributed by atoms with E-state index in [4.69, 9.17) is 4.74 Å². The molecule has 0 spiro atoms. The minimum Gasteiger partial charge on any atom is -0.497 e. The fraction of sp³-hybridized carbons (Fsp3) is 0.227. The predicted octanol–water partition coefficient (Wildman–Crippen LogP) is 3.25. The highest BCUT2D eigenvalue weighted by Crippen LogP contribution is 2.16. The zero-order chi connectivity index (χ0) is 20.4. The molecule has 2 heterocycles. The van der Waals surface area contributed by atoms with Gasteiger partial charge in [0.05, 0.1) is 19.3 Å². The molecule has 0 aliphatic heterocycles. The number of benzene rings is 2. The lowest BCUT2D eigenvalue weighted by Gasteiger charge is -2.05. The van der Waals surface area contributed by atoms with Crippen molar-refractivity contribution >= 4 is 11.5 Å². The van der Waals surface area contributed by atoms with Crippen LogP contribution in [0.15, 0.2) is 53.3 Å². The van der Waals surface area contributed by atoms with E-state index in [1.54, 1.807) is 7.11 Å². The monoisotopic (exact) mass is 389 g/mol. The van der Waals surface area contributed by atoms with Crippen LogP contribution in [0.3, 0.4) is 0 Å². The zero-order valence-electron chi connectivity index (χ0n) is 16.7. The minimum atomic E-state index is -0.115. The molecular weight excluding hydrogens is 366 g/mol. The lowest BCUT2D eigenvalue weighted by atomic mass is 10.0. The summed E-state index contributed by atoms with van der Waals surface area (Å²) in [5.41, 5.74) is 4.47. The first-order chi connectivity index (χ1) is 14.0. The maximum atomic E-state index is 13.0. The standard InChI is InChI=1S/C22H23N5O2/c1-14-4-6-16(7-5-14)12-19-15(2)24-22-25-20(26-27(22)21(19)28)13-23-17-8-10-18(29-3)11-9-17/h4-11,23H,12-13H2,1-3H3,(H,24,25,26). The summed E-state index contributed by atoms with van der Waals surface area (Å²) >= 11 is 0. The summed E-state index contributed by atoms with van der Waals surface area (Å²) in [4.78, 5) is 22.0. The molecule has 29 heavy (non-hydrogen) atoms. The fourth-order valence-electron chi connectivity index (χ4n) is 3.19. The molecule has 4 aromatic rings. The Kier molecular flexibility index (Phi) is 5.03.